The highest BCUT2D eigenvalue weighted by Gasteiger charge is 2.50. The number of benzene rings is 2. The van der Waals surface area contributed by atoms with Crippen LogP contribution in [0.1, 0.15) is 30.5 Å². The Kier molecular flexibility index (Phi) is 6.76. The molecule has 0 bridgehead atoms. The van der Waals surface area contributed by atoms with E-state index in [1.165, 1.54) is 22.8 Å². The van der Waals surface area contributed by atoms with E-state index in [-0.39, 0.29) is 29.2 Å². The molecule has 206 valence electrons. The summed E-state index contributed by atoms with van der Waals surface area (Å²) in [5.74, 6) is 0.582. The standard InChI is InChI=1S/C30H34FN3O5/c1-18-8-21(31)9-19(2)28(18)39-25-7-6-20(29(3,4)37)10-22(25)23-13-33(5)26(35)11-24(23)32-12-27(36)34-14-30(15-34)16-38-17-30/h6-11,13,32,37H,12,14-17H2,1-5H3. The Bertz CT molecular complexity index is 1470. The fraction of sp³-hybridized carbons (Fsp3) is 0.400. The number of aromatic nitrogens is 1. The molecule has 0 radical (unpaired) electrons. The molecule has 0 aliphatic carbocycles. The number of carbonyl (C=O) groups is 1. The fourth-order valence-corrected chi connectivity index (χ4v) is 5.16. The Balaban J connectivity index is 1.52. The first-order valence-electron chi connectivity index (χ1n) is 13.0. The topological polar surface area (TPSA) is 93.0 Å². The predicted molar refractivity (Wildman–Crippen MR) is 147 cm³/mol. The van der Waals surface area contributed by atoms with Gasteiger partial charge < -0.3 is 29.4 Å². The average molecular weight is 536 g/mol. The average Bonchev–Trinajstić information content (AvgIpc) is 2.79. The Morgan fingerprint density at radius 3 is 2.38 bits per heavy atom. The maximum atomic E-state index is 14.0. The number of aryl methyl sites for hydroxylation is 3. The number of rotatable bonds is 7. The second kappa shape index (κ2) is 9.81. The molecule has 0 atom stereocenters. The summed E-state index contributed by atoms with van der Waals surface area (Å²) in [5.41, 5.74) is 2.35. The van der Waals surface area contributed by atoms with Gasteiger partial charge in [-0.3, -0.25) is 9.59 Å². The highest BCUT2D eigenvalue weighted by atomic mass is 19.1. The highest BCUT2D eigenvalue weighted by Crippen LogP contribution is 2.41. The molecule has 0 saturated carbocycles. The third kappa shape index (κ3) is 5.29. The third-order valence-electron chi connectivity index (χ3n) is 7.49. The number of likely N-dealkylation sites (tertiary alicyclic amines) is 1. The number of carbonyl (C=O) groups excluding carboxylic acids is 1. The van der Waals surface area contributed by atoms with Crippen molar-refractivity contribution in [2.75, 3.05) is 38.2 Å². The molecular weight excluding hydrogens is 501 g/mol. The van der Waals surface area contributed by atoms with Crippen molar-refractivity contribution in [3.63, 3.8) is 0 Å². The second-order valence-corrected chi connectivity index (χ2v) is 11.4. The number of hydrogen-bond donors (Lipinski definition) is 2. The smallest absolute Gasteiger partial charge is 0.252 e. The van der Waals surface area contributed by atoms with Crippen molar-refractivity contribution >= 4 is 11.6 Å². The van der Waals surface area contributed by atoms with Crippen molar-refractivity contribution in [2.45, 2.75) is 33.3 Å². The highest BCUT2D eigenvalue weighted by molar-refractivity contribution is 5.86. The number of aliphatic hydroxyl groups is 1. The zero-order chi connectivity index (χ0) is 28.1. The van der Waals surface area contributed by atoms with Gasteiger partial charge in [-0.1, -0.05) is 6.07 Å². The molecule has 2 aromatic carbocycles. The molecule has 9 heteroatoms. The third-order valence-corrected chi connectivity index (χ3v) is 7.49. The van der Waals surface area contributed by atoms with Crippen LogP contribution in [0.2, 0.25) is 0 Å². The number of amides is 1. The molecule has 1 amide bonds. The first kappa shape index (κ1) is 26.9. The lowest BCUT2D eigenvalue weighted by atomic mass is 9.78. The monoisotopic (exact) mass is 535 g/mol. The number of nitrogens with one attached hydrogen (secondary N) is 1. The number of hydrogen-bond acceptors (Lipinski definition) is 6. The number of nitrogens with zero attached hydrogens (tertiary/aromatic N) is 2. The summed E-state index contributed by atoms with van der Waals surface area (Å²) >= 11 is 0. The number of anilines is 1. The van der Waals surface area contributed by atoms with E-state index in [0.717, 1.165) is 0 Å². The molecule has 3 heterocycles. The lowest BCUT2D eigenvalue weighted by Gasteiger charge is -2.54. The van der Waals surface area contributed by atoms with Gasteiger partial charge in [0.05, 0.1) is 30.8 Å². The summed E-state index contributed by atoms with van der Waals surface area (Å²) in [6.07, 6.45) is 1.68. The molecule has 0 unspecified atom stereocenters. The molecule has 2 N–H and O–H groups in total. The zero-order valence-electron chi connectivity index (χ0n) is 22.9. The van der Waals surface area contributed by atoms with Crippen molar-refractivity contribution < 1.29 is 23.8 Å². The SMILES string of the molecule is Cc1cc(F)cc(C)c1Oc1ccc(C(C)(C)O)cc1-c1cn(C)c(=O)cc1NCC(=O)N1CC2(COC2)C1. The van der Waals surface area contributed by atoms with Crippen LogP contribution in [-0.2, 0) is 22.2 Å². The van der Waals surface area contributed by atoms with E-state index >= 15 is 0 Å². The van der Waals surface area contributed by atoms with Gasteiger partial charge in [-0.15, -0.1) is 0 Å². The Hall–Kier alpha value is -3.69. The Morgan fingerprint density at radius 2 is 1.79 bits per heavy atom. The summed E-state index contributed by atoms with van der Waals surface area (Å²) in [7, 11) is 1.65. The van der Waals surface area contributed by atoms with Gasteiger partial charge in [-0.2, -0.15) is 0 Å². The molecule has 3 aromatic rings. The van der Waals surface area contributed by atoms with Crippen molar-refractivity contribution in [3.05, 3.63) is 75.5 Å². The molecule has 1 aromatic heterocycles. The van der Waals surface area contributed by atoms with Crippen molar-refractivity contribution in [2.24, 2.45) is 12.5 Å². The van der Waals surface area contributed by atoms with Crippen LogP contribution in [0, 0.1) is 25.1 Å². The van der Waals surface area contributed by atoms with Crippen LogP contribution in [0.15, 0.2) is 47.4 Å². The summed E-state index contributed by atoms with van der Waals surface area (Å²) < 4.78 is 27.1. The van der Waals surface area contributed by atoms with Crippen LogP contribution in [-0.4, -0.2) is 53.3 Å². The lowest BCUT2D eigenvalue weighted by Crippen LogP contribution is -2.67. The van der Waals surface area contributed by atoms with Gasteiger partial charge in [-0.25, -0.2) is 4.39 Å². The molecule has 2 aliphatic rings. The number of halogens is 1. The molecular formula is C30H34FN3O5. The summed E-state index contributed by atoms with van der Waals surface area (Å²) in [6, 6.07) is 9.61. The van der Waals surface area contributed by atoms with Gasteiger partial charge >= 0.3 is 0 Å². The minimum absolute atomic E-state index is 0.0225. The van der Waals surface area contributed by atoms with Gasteiger partial charge in [-0.05, 0) is 68.7 Å². The minimum atomic E-state index is -1.14. The molecule has 8 nitrogen and oxygen atoms in total. The first-order valence-corrected chi connectivity index (χ1v) is 13.0. The van der Waals surface area contributed by atoms with Crippen molar-refractivity contribution in [1.82, 2.24) is 9.47 Å². The van der Waals surface area contributed by atoms with Crippen molar-refractivity contribution in [3.8, 4) is 22.6 Å². The second-order valence-electron chi connectivity index (χ2n) is 11.4. The number of ether oxygens (including phenoxy) is 2. The van der Waals surface area contributed by atoms with E-state index in [4.69, 9.17) is 9.47 Å². The van der Waals surface area contributed by atoms with Gasteiger partial charge in [0, 0.05) is 49.2 Å². The lowest BCUT2D eigenvalue weighted by molar-refractivity contribution is -0.194. The quantitative estimate of drug-likeness (QED) is 0.473. The van der Waals surface area contributed by atoms with E-state index in [1.807, 2.05) is 6.07 Å². The van der Waals surface area contributed by atoms with Crippen LogP contribution in [0.4, 0.5) is 10.1 Å². The summed E-state index contributed by atoms with van der Waals surface area (Å²) in [4.78, 5) is 27.3. The molecule has 39 heavy (non-hydrogen) atoms. The minimum Gasteiger partial charge on any atom is -0.456 e. The first-order chi connectivity index (χ1) is 18.3. The summed E-state index contributed by atoms with van der Waals surface area (Å²) in [6.45, 7) is 9.69. The largest absolute Gasteiger partial charge is 0.456 e. The van der Waals surface area contributed by atoms with Crippen LogP contribution in [0.25, 0.3) is 11.1 Å². The predicted octanol–water partition coefficient (Wildman–Crippen LogP) is 4.10. The van der Waals surface area contributed by atoms with Gasteiger partial charge in [0.2, 0.25) is 5.91 Å². The number of pyridine rings is 1. The van der Waals surface area contributed by atoms with Crippen LogP contribution in [0.5, 0.6) is 11.5 Å². The van der Waals surface area contributed by atoms with Crippen LogP contribution < -0.4 is 15.6 Å². The van der Waals surface area contributed by atoms with E-state index < -0.39 is 5.60 Å². The summed E-state index contributed by atoms with van der Waals surface area (Å²) in [5, 5.41) is 13.9. The van der Waals surface area contributed by atoms with Gasteiger partial charge in [0.25, 0.3) is 5.56 Å². The van der Waals surface area contributed by atoms with E-state index in [1.54, 1.807) is 58.0 Å². The van der Waals surface area contributed by atoms with Crippen molar-refractivity contribution in [1.29, 1.82) is 0 Å². The molecule has 5 rings (SSSR count). The van der Waals surface area contributed by atoms with E-state index in [2.05, 4.69) is 5.32 Å². The Labute approximate surface area is 227 Å². The maximum Gasteiger partial charge on any atom is 0.252 e. The maximum absolute atomic E-state index is 14.0. The van der Waals surface area contributed by atoms with E-state index in [0.29, 0.717) is 71.3 Å². The molecule has 2 saturated heterocycles. The fourth-order valence-electron chi connectivity index (χ4n) is 5.16. The van der Waals surface area contributed by atoms with Crippen LogP contribution in [0.3, 0.4) is 0 Å². The van der Waals surface area contributed by atoms with E-state index in [9.17, 15) is 19.1 Å². The van der Waals surface area contributed by atoms with Gasteiger partial charge in [0.15, 0.2) is 0 Å². The van der Waals surface area contributed by atoms with Gasteiger partial charge in [0.1, 0.15) is 17.3 Å². The molecule has 2 fully saturated rings. The molecule has 2 aliphatic heterocycles. The van der Waals surface area contributed by atoms with Crippen LogP contribution >= 0.6 is 0 Å². The Morgan fingerprint density at radius 1 is 1.13 bits per heavy atom. The zero-order valence-corrected chi connectivity index (χ0v) is 22.9. The normalized spacial score (nSPS) is 16.0. The molecule has 1 spiro atoms.